The summed E-state index contributed by atoms with van der Waals surface area (Å²) in [5.41, 5.74) is 3.76. The second-order valence-corrected chi connectivity index (χ2v) is 11.9. The Balaban J connectivity index is 1.08. The summed E-state index contributed by atoms with van der Waals surface area (Å²) in [7, 11) is 0. The van der Waals surface area contributed by atoms with Gasteiger partial charge in [-0.25, -0.2) is 4.39 Å². The zero-order valence-corrected chi connectivity index (χ0v) is 23.8. The highest BCUT2D eigenvalue weighted by Gasteiger charge is 2.41. The molecule has 0 bridgehead atoms. The van der Waals surface area contributed by atoms with Crippen LogP contribution in [0.4, 0.5) is 17.6 Å². The van der Waals surface area contributed by atoms with Crippen molar-refractivity contribution in [3.8, 4) is 0 Å². The van der Waals surface area contributed by atoms with Crippen LogP contribution in [0, 0.1) is 5.82 Å². The van der Waals surface area contributed by atoms with E-state index in [0.29, 0.717) is 18.1 Å². The summed E-state index contributed by atoms with van der Waals surface area (Å²) in [5.74, 6) is -0.900. The van der Waals surface area contributed by atoms with Crippen LogP contribution >= 0.6 is 0 Å². The maximum Gasteiger partial charge on any atom is 0.416 e. The first kappa shape index (κ1) is 29.3. The van der Waals surface area contributed by atoms with Crippen molar-refractivity contribution < 1.29 is 27.0 Å². The van der Waals surface area contributed by atoms with Gasteiger partial charge in [0, 0.05) is 19.6 Å². The molecule has 3 aromatic rings. The number of likely N-dealkylation sites (tertiary alicyclic amines) is 1. The van der Waals surface area contributed by atoms with E-state index in [1.807, 2.05) is 18.2 Å². The summed E-state index contributed by atoms with van der Waals surface area (Å²) < 4.78 is 65.6. The van der Waals surface area contributed by atoms with Crippen molar-refractivity contribution in [1.29, 1.82) is 0 Å². The minimum absolute atomic E-state index is 0.123. The predicted molar refractivity (Wildman–Crippen MR) is 154 cm³/mol. The Kier molecular flexibility index (Phi) is 8.68. The fraction of sp³-hybridized carbons (Fsp3) is 0.471. The molecule has 3 aromatic carbocycles. The number of benzene rings is 3. The molecule has 8 heteroatoms. The normalized spacial score (nSPS) is 22.9. The molecular weight excluding hydrogens is 544 g/mol. The average Bonchev–Trinajstić information content (AvgIpc) is 3.34. The van der Waals surface area contributed by atoms with E-state index >= 15 is 0 Å². The van der Waals surface area contributed by atoms with Gasteiger partial charge in [0.1, 0.15) is 5.82 Å². The Hall–Kier alpha value is -2.78. The van der Waals surface area contributed by atoms with Gasteiger partial charge in [-0.15, -0.1) is 0 Å². The van der Waals surface area contributed by atoms with Crippen LogP contribution in [0.3, 0.4) is 0 Å². The molecule has 2 saturated heterocycles. The molecule has 0 radical (unpaired) electrons. The van der Waals surface area contributed by atoms with Crippen LogP contribution in [0.1, 0.15) is 53.1 Å². The van der Waals surface area contributed by atoms with Gasteiger partial charge in [0.15, 0.2) is 6.29 Å². The Labute approximate surface area is 245 Å². The van der Waals surface area contributed by atoms with Crippen LogP contribution in [0.5, 0.6) is 0 Å². The van der Waals surface area contributed by atoms with Crippen molar-refractivity contribution in [3.05, 3.63) is 106 Å². The standard InChI is InChI=1S/C34H38F4N2O2/c35-29-23-25(22-28(24-29)34(36,37)38)11-20-41-32-31(27-7-2-1-3-8-27)40(19-21-42-32)18-17-39-15-13-33(14-16-39)12-10-26-6-4-5-9-30(26)33/h1-9,22-24,31-32H,10-21H2. The monoisotopic (exact) mass is 582 g/mol. The molecule has 1 spiro atoms. The van der Waals surface area contributed by atoms with Crippen LogP contribution in [-0.4, -0.2) is 62.0 Å². The van der Waals surface area contributed by atoms with Crippen molar-refractivity contribution in [1.82, 2.24) is 9.80 Å². The number of aryl methyl sites for hydroxylation is 1. The zero-order chi connectivity index (χ0) is 29.2. The third kappa shape index (κ3) is 6.42. The van der Waals surface area contributed by atoms with Crippen molar-refractivity contribution in [2.75, 3.05) is 45.9 Å². The fourth-order valence-electron chi connectivity index (χ4n) is 7.11. The highest BCUT2D eigenvalue weighted by Crippen LogP contribution is 2.46. The number of nitrogens with zero attached hydrogens (tertiary/aromatic N) is 2. The third-order valence-corrected chi connectivity index (χ3v) is 9.39. The predicted octanol–water partition coefficient (Wildman–Crippen LogP) is 6.78. The topological polar surface area (TPSA) is 24.9 Å². The molecule has 0 aromatic heterocycles. The molecule has 4 nitrogen and oxygen atoms in total. The van der Waals surface area contributed by atoms with Gasteiger partial charge in [-0.3, -0.25) is 4.90 Å². The van der Waals surface area contributed by atoms with Gasteiger partial charge in [-0.1, -0.05) is 54.6 Å². The van der Waals surface area contributed by atoms with E-state index in [1.165, 1.54) is 31.2 Å². The molecule has 0 saturated carbocycles. The molecule has 1 aliphatic carbocycles. The number of hydrogen-bond donors (Lipinski definition) is 0. The van der Waals surface area contributed by atoms with Crippen molar-refractivity contribution in [2.24, 2.45) is 0 Å². The van der Waals surface area contributed by atoms with E-state index in [9.17, 15) is 17.6 Å². The van der Waals surface area contributed by atoms with Crippen LogP contribution in [0.15, 0.2) is 72.8 Å². The summed E-state index contributed by atoms with van der Waals surface area (Å²) in [6, 6.07) is 21.5. The Bertz CT molecular complexity index is 1340. The Morgan fingerprint density at radius 2 is 1.64 bits per heavy atom. The fourth-order valence-corrected chi connectivity index (χ4v) is 7.11. The second kappa shape index (κ2) is 12.4. The Morgan fingerprint density at radius 3 is 2.43 bits per heavy atom. The summed E-state index contributed by atoms with van der Waals surface area (Å²) in [6.45, 7) is 5.39. The quantitative estimate of drug-likeness (QED) is 0.274. The minimum Gasteiger partial charge on any atom is -0.350 e. The lowest BCUT2D eigenvalue weighted by Crippen LogP contribution is -2.50. The van der Waals surface area contributed by atoms with Gasteiger partial charge in [0.2, 0.25) is 0 Å². The number of rotatable bonds is 8. The lowest BCUT2D eigenvalue weighted by atomic mass is 9.74. The molecular formula is C34H38F4N2O2. The van der Waals surface area contributed by atoms with Crippen molar-refractivity contribution >= 4 is 0 Å². The van der Waals surface area contributed by atoms with Crippen molar-refractivity contribution in [2.45, 2.75) is 56.0 Å². The number of ether oxygens (including phenoxy) is 2. The van der Waals surface area contributed by atoms with E-state index in [4.69, 9.17) is 9.47 Å². The number of halogens is 4. The number of fused-ring (bicyclic) bond motifs is 2. The van der Waals surface area contributed by atoms with E-state index in [2.05, 4.69) is 46.2 Å². The molecule has 224 valence electrons. The molecule has 42 heavy (non-hydrogen) atoms. The van der Waals surface area contributed by atoms with Gasteiger partial charge < -0.3 is 14.4 Å². The lowest BCUT2D eigenvalue weighted by molar-refractivity contribution is -0.211. The van der Waals surface area contributed by atoms with E-state index in [-0.39, 0.29) is 24.6 Å². The van der Waals surface area contributed by atoms with Gasteiger partial charge in [-0.05, 0) is 91.1 Å². The molecule has 2 atom stereocenters. The van der Waals surface area contributed by atoms with Gasteiger partial charge in [0.05, 0.1) is 24.8 Å². The second-order valence-electron chi connectivity index (χ2n) is 11.9. The number of alkyl halides is 3. The average molecular weight is 583 g/mol. The van der Waals surface area contributed by atoms with Crippen LogP contribution in [0.2, 0.25) is 0 Å². The number of hydrogen-bond acceptors (Lipinski definition) is 4. The SMILES string of the molecule is Fc1cc(CCOC2OCCN(CCN3CCC4(CCc5ccccc54)CC3)C2c2ccccc2)cc(C(F)(F)F)c1. The zero-order valence-electron chi connectivity index (χ0n) is 23.8. The van der Waals surface area contributed by atoms with E-state index < -0.39 is 23.8 Å². The summed E-state index contributed by atoms with van der Waals surface area (Å²) in [4.78, 5) is 4.98. The number of morpholine rings is 1. The molecule has 0 amide bonds. The summed E-state index contributed by atoms with van der Waals surface area (Å²) in [6.07, 6.45) is -0.190. The molecule has 3 aliphatic rings. The van der Waals surface area contributed by atoms with Crippen LogP contribution < -0.4 is 0 Å². The molecule has 6 rings (SSSR count). The van der Waals surface area contributed by atoms with Crippen LogP contribution in [0.25, 0.3) is 0 Å². The van der Waals surface area contributed by atoms with Crippen LogP contribution in [-0.2, 0) is 33.9 Å². The highest BCUT2D eigenvalue weighted by atomic mass is 19.4. The lowest BCUT2D eigenvalue weighted by Gasteiger charge is -2.44. The molecule has 2 unspecified atom stereocenters. The first-order valence-electron chi connectivity index (χ1n) is 15.0. The first-order chi connectivity index (χ1) is 20.3. The summed E-state index contributed by atoms with van der Waals surface area (Å²) in [5, 5.41) is 0. The van der Waals surface area contributed by atoms with Crippen molar-refractivity contribution in [3.63, 3.8) is 0 Å². The first-order valence-corrected chi connectivity index (χ1v) is 15.0. The third-order valence-electron chi connectivity index (χ3n) is 9.39. The van der Waals surface area contributed by atoms with E-state index in [0.717, 1.165) is 50.4 Å². The van der Waals surface area contributed by atoms with Gasteiger partial charge in [0.25, 0.3) is 0 Å². The summed E-state index contributed by atoms with van der Waals surface area (Å²) >= 11 is 0. The maximum atomic E-state index is 13.9. The Morgan fingerprint density at radius 1 is 0.881 bits per heavy atom. The van der Waals surface area contributed by atoms with Gasteiger partial charge >= 0.3 is 6.18 Å². The minimum atomic E-state index is -4.60. The van der Waals surface area contributed by atoms with E-state index in [1.54, 1.807) is 5.56 Å². The van der Waals surface area contributed by atoms with Gasteiger partial charge in [-0.2, -0.15) is 13.2 Å². The molecule has 2 heterocycles. The molecule has 2 aliphatic heterocycles. The smallest absolute Gasteiger partial charge is 0.350 e. The maximum absolute atomic E-state index is 13.9. The largest absolute Gasteiger partial charge is 0.416 e. The highest BCUT2D eigenvalue weighted by molar-refractivity contribution is 5.39. The molecule has 0 N–H and O–H groups in total. The molecule has 2 fully saturated rings. The number of piperidine rings is 1.